The van der Waals surface area contributed by atoms with Gasteiger partial charge in [0.05, 0.1) is 52.6 Å². The van der Waals surface area contributed by atoms with Gasteiger partial charge in [-0.3, -0.25) is 4.90 Å². The van der Waals surface area contributed by atoms with Crippen molar-refractivity contribution in [2.45, 2.75) is 26.5 Å². The Morgan fingerprint density at radius 2 is 1.58 bits per heavy atom. The van der Waals surface area contributed by atoms with Crippen LogP contribution in [0, 0.1) is 6.92 Å². The van der Waals surface area contributed by atoms with Gasteiger partial charge in [-0.15, -0.1) is 0 Å². The zero-order valence-corrected chi connectivity index (χ0v) is 14.4. The average Bonchev–Trinajstić information content (AvgIpc) is 2.61. The molecule has 0 fully saturated rings. The number of anilines is 3. The molecule has 5 rings (SSSR count). The van der Waals surface area contributed by atoms with Crippen LogP contribution in [0.1, 0.15) is 5.56 Å². The third kappa shape index (κ3) is 1.70. The summed E-state index contributed by atoms with van der Waals surface area (Å²) in [6, 6.07) is 15.0. The fourth-order valence-corrected chi connectivity index (χ4v) is 5.99. The van der Waals surface area contributed by atoms with Crippen LogP contribution in [0.5, 0.6) is 0 Å². The first-order valence-corrected chi connectivity index (χ1v) is 9.79. The van der Waals surface area contributed by atoms with Gasteiger partial charge >= 0.3 is 0 Å². The Kier molecular flexibility index (Phi) is 2.84. The first-order valence-electron chi connectivity index (χ1n) is 7.49. The molecule has 2 aliphatic heterocycles. The van der Waals surface area contributed by atoms with E-state index in [1.165, 1.54) is 0 Å². The Morgan fingerprint density at radius 1 is 0.875 bits per heavy atom. The van der Waals surface area contributed by atoms with Gasteiger partial charge in [-0.25, -0.2) is 13.4 Å². The second kappa shape index (κ2) is 4.84. The van der Waals surface area contributed by atoms with Crippen LogP contribution in [-0.4, -0.2) is 13.4 Å². The van der Waals surface area contributed by atoms with Crippen LogP contribution in [0.3, 0.4) is 0 Å². The number of benzene rings is 2. The van der Waals surface area contributed by atoms with Crippen LogP contribution < -0.4 is 4.90 Å². The molecule has 2 unspecified atom stereocenters. The van der Waals surface area contributed by atoms with Crippen LogP contribution in [0.2, 0.25) is 0 Å². The van der Waals surface area contributed by atoms with E-state index in [4.69, 9.17) is 0 Å². The Labute approximate surface area is 144 Å². The highest BCUT2D eigenvalue weighted by Gasteiger charge is 2.38. The molecule has 2 aliphatic rings. The molecule has 0 saturated heterocycles. The molecule has 3 aromatic rings. The van der Waals surface area contributed by atoms with E-state index in [2.05, 4.69) is 4.98 Å². The van der Waals surface area contributed by atoms with Crippen molar-refractivity contribution in [1.29, 1.82) is 0 Å². The lowest BCUT2D eigenvalue weighted by molar-refractivity contribution is 0.678. The van der Waals surface area contributed by atoms with Gasteiger partial charge in [-0.05, 0) is 48.9 Å². The molecule has 0 N–H and O–H groups in total. The average molecular weight is 352 g/mol. The standard InChI is InChI=1S/C18H12N2O2S2/c1-11-7-8-13-12(10-11)20-17-14(23(13)21)4-2-5-15(17)24(22)16-6-3-9-19-18(16)20/h2-10H,1H3. The summed E-state index contributed by atoms with van der Waals surface area (Å²) >= 11 is 0. The lowest BCUT2D eigenvalue weighted by Gasteiger charge is -2.37. The lowest BCUT2D eigenvalue weighted by atomic mass is 10.1. The van der Waals surface area contributed by atoms with Gasteiger partial charge in [0.25, 0.3) is 0 Å². The van der Waals surface area contributed by atoms with Crippen LogP contribution in [0.25, 0.3) is 0 Å². The van der Waals surface area contributed by atoms with Crippen molar-refractivity contribution in [1.82, 2.24) is 4.98 Å². The highest BCUT2D eigenvalue weighted by Crippen LogP contribution is 2.52. The summed E-state index contributed by atoms with van der Waals surface area (Å²) in [5.74, 6) is 0.652. The first-order chi connectivity index (χ1) is 11.7. The monoisotopic (exact) mass is 352 g/mol. The van der Waals surface area contributed by atoms with Crippen LogP contribution >= 0.6 is 0 Å². The van der Waals surface area contributed by atoms with E-state index in [1.54, 1.807) is 12.3 Å². The van der Waals surface area contributed by atoms with E-state index in [9.17, 15) is 8.42 Å². The number of aryl methyl sites for hydroxylation is 1. The number of aromatic nitrogens is 1. The number of pyridine rings is 1. The number of nitrogens with zero attached hydrogens (tertiary/aromatic N) is 2. The lowest BCUT2D eigenvalue weighted by Crippen LogP contribution is -2.26. The van der Waals surface area contributed by atoms with Gasteiger partial charge in [0.1, 0.15) is 0 Å². The largest absolute Gasteiger partial charge is 0.290 e. The predicted molar refractivity (Wildman–Crippen MR) is 93.0 cm³/mol. The number of fused-ring (bicyclic) bond motifs is 4. The van der Waals surface area contributed by atoms with Crippen molar-refractivity contribution in [3.63, 3.8) is 0 Å². The third-order valence-electron chi connectivity index (χ3n) is 4.30. The number of hydrogen-bond donors (Lipinski definition) is 0. The van der Waals surface area contributed by atoms with Gasteiger partial charge in [-0.1, -0.05) is 12.1 Å². The minimum absolute atomic E-state index is 0.652. The zero-order chi connectivity index (χ0) is 16.4. The summed E-state index contributed by atoms with van der Waals surface area (Å²) in [6.45, 7) is 2.01. The van der Waals surface area contributed by atoms with Gasteiger partial charge < -0.3 is 0 Å². The second-order valence-corrected chi connectivity index (χ2v) is 8.61. The summed E-state index contributed by atoms with van der Waals surface area (Å²) in [5, 5.41) is 0. The Hall–Kier alpha value is -2.31. The number of hydrogen-bond acceptors (Lipinski definition) is 4. The van der Waals surface area contributed by atoms with Crippen LogP contribution in [0.15, 0.2) is 74.3 Å². The van der Waals surface area contributed by atoms with Crippen molar-refractivity contribution in [2.24, 2.45) is 0 Å². The molecule has 4 nitrogen and oxygen atoms in total. The topological polar surface area (TPSA) is 50.3 Å². The maximum atomic E-state index is 13.0. The fourth-order valence-electron chi connectivity index (χ4n) is 3.25. The van der Waals surface area contributed by atoms with Gasteiger partial charge in [0.2, 0.25) is 0 Å². The highest BCUT2D eigenvalue weighted by atomic mass is 32.2. The van der Waals surface area contributed by atoms with Gasteiger partial charge in [0.15, 0.2) is 5.82 Å². The summed E-state index contributed by atoms with van der Waals surface area (Å²) in [7, 11) is -2.62. The van der Waals surface area contributed by atoms with Crippen molar-refractivity contribution in [2.75, 3.05) is 4.90 Å². The van der Waals surface area contributed by atoms with Gasteiger partial charge in [0, 0.05) is 6.20 Å². The van der Waals surface area contributed by atoms with Gasteiger partial charge in [-0.2, -0.15) is 0 Å². The smallest absolute Gasteiger partial charge is 0.154 e. The molecule has 0 amide bonds. The maximum absolute atomic E-state index is 13.0. The number of rotatable bonds is 0. The van der Waals surface area contributed by atoms with Crippen molar-refractivity contribution < 1.29 is 8.42 Å². The zero-order valence-electron chi connectivity index (χ0n) is 12.7. The molecule has 2 aromatic carbocycles. The Balaban J connectivity index is 1.95. The molecular weight excluding hydrogens is 340 g/mol. The van der Waals surface area contributed by atoms with Crippen molar-refractivity contribution in [3.05, 3.63) is 60.3 Å². The summed E-state index contributed by atoms with van der Waals surface area (Å²) < 4.78 is 26.0. The highest BCUT2D eigenvalue weighted by molar-refractivity contribution is 7.86. The molecule has 24 heavy (non-hydrogen) atoms. The van der Waals surface area contributed by atoms with Crippen LogP contribution in [0.4, 0.5) is 17.2 Å². The molecule has 0 bridgehead atoms. The molecule has 1 aromatic heterocycles. The third-order valence-corrected chi connectivity index (χ3v) is 7.22. The molecule has 3 heterocycles. The molecule has 118 valence electrons. The summed E-state index contributed by atoms with van der Waals surface area (Å²) in [5.41, 5.74) is 2.68. The molecule has 0 radical (unpaired) electrons. The minimum atomic E-state index is -1.32. The van der Waals surface area contributed by atoms with Crippen molar-refractivity contribution in [3.8, 4) is 0 Å². The molecule has 0 aliphatic carbocycles. The van der Waals surface area contributed by atoms with E-state index >= 15 is 0 Å². The van der Waals surface area contributed by atoms with E-state index in [1.807, 2.05) is 54.3 Å². The SMILES string of the molecule is Cc1ccc2c(c1)N1c3ncccc3S(=O)c3cccc(c31)S2=O. The Bertz CT molecular complexity index is 1060. The van der Waals surface area contributed by atoms with E-state index in [-0.39, 0.29) is 0 Å². The van der Waals surface area contributed by atoms with E-state index < -0.39 is 21.6 Å². The second-order valence-electron chi connectivity index (χ2n) is 5.77. The van der Waals surface area contributed by atoms with E-state index in [0.29, 0.717) is 20.5 Å². The summed E-state index contributed by atoms with van der Waals surface area (Å²) in [6.07, 6.45) is 1.70. The van der Waals surface area contributed by atoms with Crippen molar-refractivity contribution >= 4 is 38.8 Å². The molecule has 2 atom stereocenters. The maximum Gasteiger partial charge on any atom is 0.154 e. The van der Waals surface area contributed by atoms with Crippen LogP contribution in [-0.2, 0) is 21.6 Å². The quantitative estimate of drug-likeness (QED) is 0.425. The number of para-hydroxylation sites is 1. The molecule has 0 spiro atoms. The normalized spacial score (nSPS) is 20.1. The molecular formula is C18H12N2O2S2. The van der Waals surface area contributed by atoms with E-state index in [0.717, 1.165) is 21.8 Å². The Morgan fingerprint density at radius 3 is 2.38 bits per heavy atom. The summed E-state index contributed by atoms with van der Waals surface area (Å²) in [4.78, 5) is 9.31. The minimum Gasteiger partial charge on any atom is -0.290 e. The molecule has 6 heteroatoms. The fraction of sp³-hybridized carbons (Fsp3) is 0.0556. The first kappa shape index (κ1) is 14.1. The molecule has 0 saturated carbocycles. The predicted octanol–water partition coefficient (Wildman–Crippen LogP) is 3.82.